The van der Waals surface area contributed by atoms with Crippen LogP contribution in [0.15, 0.2) is 18.3 Å². The third-order valence-electron chi connectivity index (χ3n) is 3.76. The van der Waals surface area contributed by atoms with Gasteiger partial charge in [-0.25, -0.2) is 4.98 Å². The third-order valence-corrected chi connectivity index (χ3v) is 4.08. The largest absolute Gasteiger partial charge is 0.305 e. The van der Waals surface area contributed by atoms with Gasteiger partial charge in [-0.05, 0) is 38.7 Å². The highest BCUT2D eigenvalue weighted by Crippen LogP contribution is 2.37. The Kier molecular flexibility index (Phi) is 3.50. The monoisotopic (exact) mass is 238 g/mol. The summed E-state index contributed by atoms with van der Waals surface area (Å²) < 4.78 is 0. The van der Waals surface area contributed by atoms with Crippen molar-refractivity contribution in [3.8, 4) is 0 Å². The summed E-state index contributed by atoms with van der Waals surface area (Å²) in [4.78, 5) is 4.13. The second kappa shape index (κ2) is 4.72. The first-order chi connectivity index (χ1) is 7.67. The summed E-state index contributed by atoms with van der Waals surface area (Å²) >= 11 is 6.10. The van der Waals surface area contributed by atoms with Gasteiger partial charge in [0.25, 0.3) is 0 Å². The lowest BCUT2D eigenvalue weighted by molar-refractivity contribution is 0.160. The lowest BCUT2D eigenvalue weighted by Crippen LogP contribution is -2.51. The molecule has 0 spiro atoms. The zero-order chi connectivity index (χ0) is 11.6. The van der Waals surface area contributed by atoms with Crippen LogP contribution in [0.25, 0.3) is 0 Å². The standard InChI is InChI=1S/C13H19ClN2/c1-3-13(7-5-8-13)16-10(2)11-6-4-9-15-12(11)14/h4,6,9-10,16H,3,5,7-8H2,1-2H3. The number of nitrogens with zero attached hydrogens (tertiary/aromatic N) is 1. The first kappa shape index (κ1) is 11.9. The predicted octanol–water partition coefficient (Wildman–Crippen LogP) is 3.72. The number of rotatable bonds is 4. The molecule has 0 aromatic carbocycles. The summed E-state index contributed by atoms with van der Waals surface area (Å²) in [6, 6.07) is 4.27. The van der Waals surface area contributed by atoms with Crippen LogP contribution in [0, 0.1) is 0 Å². The van der Waals surface area contributed by atoms with E-state index in [4.69, 9.17) is 11.6 Å². The smallest absolute Gasteiger partial charge is 0.133 e. The molecule has 2 rings (SSSR count). The maximum absolute atomic E-state index is 6.10. The molecule has 0 amide bonds. The van der Waals surface area contributed by atoms with Gasteiger partial charge in [0.2, 0.25) is 0 Å². The van der Waals surface area contributed by atoms with E-state index in [0.29, 0.717) is 10.7 Å². The van der Waals surface area contributed by atoms with Crippen molar-refractivity contribution >= 4 is 11.6 Å². The summed E-state index contributed by atoms with van der Waals surface area (Å²) in [6.45, 7) is 4.42. The second-order valence-corrected chi connectivity index (χ2v) is 5.09. The lowest BCUT2D eigenvalue weighted by atomic mass is 9.74. The number of halogens is 1. The number of hydrogen-bond donors (Lipinski definition) is 1. The zero-order valence-corrected chi connectivity index (χ0v) is 10.7. The zero-order valence-electron chi connectivity index (χ0n) is 9.96. The van der Waals surface area contributed by atoms with Crippen molar-refractivity contribution in [1.29, 1.82) is 0 Å². The van der Waals surface area contributed by atoms with Gasteiger partial charge in [-0.3, -0.25) is 0 Å². The second-order valence-electron chi connectivity index (χ2n) is 4.74. The van der Waals surface area contributed by atoms with E-state index in [9.17, 15) is 0 Å². The summed E-state index contributed by atoms with van der Waals surface area (Å²) in [5.74, 6) is 0. The highest BCUT2D eigenvalue weighted by atomic mass is 35.5. The van der Waals surface area contributed by atoms with Crippen LogP contribution in [-0.4, -0.2) is 10.5 Å². The fraction of sp³-hybridized carbons (Fsp3) is 0.615. The molecule has 0 saturated heterocycles. The Hall–Kier alpha value is -0.600. The molecule has 16 heavy (non-hydrogen) atoms. The fourth-order valence-electron chi connectivity index (χ4n) is 2.46. The minimum Gasteiger partial charge on any atom is -0.305 e. The Morgan fingerprint density at radius 2 is 2.31 bits per heavy atom. The molecule has 1 unspecified atom stereocenters. The molecule has 2 nitrogen and oxygen atoms in total. The van der Waals surface area contributed by atoms with E-state index >= 15 is 0 Å². The topological polar surface area (TPSA) is 24.9 Å². The fourth-order valence-corrected chi connectivity index (χ4v) is 2.75. The van der Waals surface area contributed by atoms with Gasteiger partial charge in [0.15, 0.2) is 0 Å². The minimum atomic E-state index is 0.279. The van der Waals surface area contributed by atoms with E-state index in [1.807, 2.05) is 6.07 Å². The van der Waals surface area contributed by atoms with Crippen LogP contribution in [0.1, 0.15) is 51.1 Å². The Labute approximate surface area is 102 Å². The first-order valence-corrected chi connectivity index (χ1v) is 6.43. The normalized spacial score (nSPS) is 20.2. The summed E-state index contributed by atoms with van der Waals surface area (Å²) in [6.07, 6.45) is 6.83. The summed E-state index contributed by atoms with van der Waals surface area (Å²) in [7, 11) is 0. The third kappa shape index (κ3) is 2.23. The quantitative estimate of drug-likeness (QED) is 0.809. The van der Waals surface area contributed by atoms with Gasteiger partial charge >= 0.3 is 0 Å². The van der Waals surface area contributed by atoms with Crippen molar-refractivity contribution in [2.24, 2.45) is 0 Å². The Balaban J connectivity index is 2.08. The summed E-state index contributed by atoms with van der Waals surface area (Å²) in [5, 5.41) is 4.33. The molecule has 0 aliphatic heterocycles. The maximum Gasteiger partial charge on any atom is 0.133 e. The maximum atomic E-state index is 6.10. The lowest BCUT2D eigenvalue weighted by Gasteiger charge is -2.44. The van der Waals surface area contributed by atoms with Crippen LogP contribution >= 0.6 is 11.6 Å². The molecule has 0 radical (unpaired) electrons. The van der Waals surface area contributed by atoms with Crippen LogP contribution in [0.5, 0.6) is 0 Å². The molecule has 1 heterocycles. The Morgan fingerprint density at radius 1 is 1.56 bits per heavy atom. The molecule has 1 aromatic rings. The van der Waals surface area contributed by atoms with Gasteiger partial charge in [-0.15, -0.1) is 0 Å². The van der Waals surface area contributed by atoms with Crippen LogP contribution in [0.2, 0.25) is 5.15 Å². The van der Waals surface area contributed by atoms with Crippen molar-refractivity contribution in [2.75, 3.05) is 0 Å². The van der Waals surface area contributed by atoms with Gasteiger partial charge in [-0.1, -0.05) is 24.6 Å². The van der Waals surface area contributed by atoms with Crippen LogP contribution < -0.4 is 5.32 Å². The average Bonchev–Trinajstić information content (AvgIpc) is 2.24. The van der Waals surface area contributed by atoms with E-state index in [-0.39, 0.29) is 6.04 Å². The SMILES string of the molecule is CCC1(NC(C)c2cccnc2Cl)CCC1. The Bertz CT molecular complexity index is 355. The van der Waals surface area contributed by atoms with Crippen molar-refractivity contribution in [3.05, 3.63) is 29.0 Å². The van der Waals surface area contributed by atoms with E-state index in [2.05, 4.69) is 30.2 Å². The molecule has 3 heteroatoms. The average molecular weight is 239 g/mol. The van der Waals surface area contributed by atoms with Crippen LogP contribution in [0.4, 0.5) is 0 Å². The molecule has 1 fully saturated rings. The van der Waals surface area contributed by atoms with E-state index in [1.54, 1.807) is 6.20 Å². The molecule has 0 bridgehead atoms. The number of nitrogens with one attached hydrogen (secondary N) is 1. The summed E-state index contributed by atoms with van der Waals surface area (Å²) in [5.41, 5.74) is 1.45. The van der Waals surface area contributed by atoms with Gasteiger partial charge in [0.1, 0.15) is 5.15 Å². The molecule has 1 aliphatic rings. The number of aromatic nitrogens is 1. The van der Waals surface area contributed by atoms with E-state index < -0.39 is 0 Å². The highest BCUT2D eigenvalue weighted by Gasteiger charge is 2.36. The molecule has 88 valence electrons. The van der Waals surface area contributed by atoms with Crippen molar-refractivity contribution in [1.82, 2.24) is 10.3 Å². The molecule has 1 saturated carbocycles. The van der Waals surface area contributed by atoms with Crippen molar-refractivity contribution < 1.29 is 0 Å². The molecular weight excluding hydrogens is 220 g/mol. The van der Waals surface area contributed by atoms with E-state index in [0.717, 1.165) is 5.56 Å². The van der Waals surface area contributed by atoms with Gasteiger partial charge < -0.3 is 5.32 Å². The molecule has 1 N–H and O–H groups in total. The van der Waals surface area contributed by atoms with Crippen LogP contribution in [0.3, 0.4) is 0 Å². The van der Waals surface area contributed by atoms with Crippen molar-refractivity contribution in [2.45, 2.75) is 51.1 Å². The van der Waals surface area contributed by atoms with Gasteiger partial charge in [-0.2, -0.15) is 0 Å². The molecule has 1 aliphatic carbocycles. The van der Waals surface area contributed by atoms with Gasteiger partial charge in [0.05, 0.1) is 0 Å². The van der Waals surface area contributed by atoms with Gasteiger partial charge in [0, 0.05) is 23.3 Å². The highest BCUT2D eigenvalue weighted by molar-refractivity contribution is 6.30. The first-order valence-electron chi connectivity index (χ1n) is 6.05. The minimum absolute atomic E-state index is 0.279. The van der Waals surface area contributed by atoms with Crippen molar-refractivity contribution in [3.63, 3.8) is 0 Å². The van der Waals surface area contributed by atoms with E-state index in [1.165, 1.54) is 25.7 Å². The van der Waals surface area contributed by atoms with Crippen LogP contribution in [-0.2, 0) is 0 Å². The Morgan fingerprint density at radius 3 is 2.81 bits per heavy atom. The number of pyridine rings is 1. The molecule has 1 aromatic heterocycles. The number of hydrogen-bond acceptors (Lipinski definition) is 2. The molecule has 1 atom stereocenters. The molecular formula is C13H19ClN2. The predicted molar refractivity (Wildman–Crippen MR) is 67.7 cm³/mol.